The molecule has 4 nitrogen and oxygen atoms in total. The molecule has 0 heterocycles. The maximum Gasteiger partial charge on any atom is 0.416 e. The first-order valence-electron chi connectivity index (χ1n) is 4.85. The number of hydrogen-bond acceptors (Lipinski definition) is 3. The van der Waals surface area contributed by atoms with Crippen LogP contribution in [0.25, 0.3) is 0 Å². The highest BCUT2D eigenvalue weighted by Gasteiger charge is 2.33. The maximum absolute atomic E-state index is 12.6. The zero-order valence-electron chi connectivity index (χ0n) is 9.71. The van der Waals surface area contributed by atoms with Crippen molar-refractivity contribution in [3.63, 3.8) is 0 Å². The monoisotopic (exact) mass is 283 g/mol. The fourth-order valence-electron chi connectivity index (χ4n) is 1.29. The Labute approximate surface area is 103 Å². The fourth-order valence-corrected chi connectivity index (χ4v) is 2.25. The zero-order valence-corrected chi connectivity index (χ0v) is 10.5. The van der Waals surface area contributed by atoms with E-state index in [9.17, 15) is 21.6 Å². The van der Waals surface area contributed by atoms with Crippen LogP contribution in [0.3, 0.4) is 0 Å². The molecule has 0 aliphatic rings. The molecule has 102 valence electrons. The Morgan fingerprint density at radius 3 is 2.44 bits per heavy atom. The predicted molar refractivity (Wildman–Crippen MR) is 58.4 cm³/mol. The van der Waals surface area contributed by atoms with Crippen LogP contribution in [0, 0.1) is 6.92 Å². The van der Waals surface area contributed by atoms with Crippen molar-refractivity contribution in [2.45, 2.75) is 18.0 Å². The van der Waals surface area contributed by atoms with Crippen LogP contribution in [0.15, 0.2) is 23.1 Å². The normalized spacial score (nSPS) is 12.7. The number of hydrogen-bond donors (Lipinski definition) is 1. The van der Waals surface area contributed by atoms with Gasteiger partial charge in [0, 0.05) is 7.11 Å². The third-order valence-corrected chi connectivity index (χ3v) is 3.59. The van der Waals surface area contributed by atoms with E-state index in [1.54, 1.807) is 0 Å². The highest BCUT2D eigenvalue weighted by atomic mass is 32.2. The molecule has 0 amide bonds. The first-order chi connectivity index (χ1) is 8.18. The van der Waals surface area contributed by atoms with Gasteiger partial charge in [0.1, 0.15) is 6.73 Å². The van der Waals surface area contributed by atoms with Crippen molar-refractivity contribution in [2.75, 3.05) is 13.8 Å². The molecule has 1 aromatic carbocycles. The quantitative estimate of drug-likeness (QED) is 0.859. The number of nitrogens with one attached hydrogen (secondary N) is 1. The molecule has 8 heteroatoms. The van der Waals surface area contributed by atoms with Crippen molar-refractivity contribution in [3.8, 4) is 0 Å². The molecule has 1 N–H and O–H groups in total. The topological polar surface area (TPSA) is 55.4 Å². The predicted octanol–water partition coefficient (Wildman–Crippen LogP) is 1.90. The van der Waals surface area contributed by atoms with E-state index in [4.69, 9.17) is 0 Å². The standard InChI is InChI=1S/C10H12F3NO3S/c1-7-3-4-8(5-9(7)10(11,12)13)18(15,16)14-6-17-2/h3-5,14H,6H2,1-2H3. The zero-order chi connectivity index (χ0) is 14.0. The largest absolute Gasteiger partial charge is 0.416 e. The first kappa shape index (κ1) is 14.9. The Hall–Kier alpha value is -1.12. The van der Waals surface area contributed by atoms with Gasteiger partial charge in [-0.1, -0.05) is 6.07 Å². The minimum atomic E-state index is -4.59. The lowest BCUT2D eigenvalue weighted by molar-refractivity contribution is -0.138. The van der Waals surface area contributed by atoms with Gasteiger partial charge in [-0.3, -0.25) is 0 Å². The minimum absolute atomic E-state index is 0.0341. The summed E-state index contributed by atoms with van der Waals surface area (Å²) in [5, 5.41) is 0. The highest BCUT2D eigenvalue weighted by molar-refractivity contribution is 7.89. The van der Waals surface area contributed by atoms with Gasteiger partial charge >= 0.3 is 6.18 Å². The summed E-state index contributed by atoms with van der Waals surface area (Å²) >= 11 is 0. The Balaban J connectivity index is 3.21. The van der Waals surface area contributed by atoms with Gasteiger partial charge in [0.25, 0.3) is 0 Å². The molecule has 1 aromatic rings. The molecule has 0 bridgehead atoms. The van der Waals surface area contributed by atoms with E-state index in [0.29, 0.717) is 6.07 Å². The number of rotatable bonds is 4. The highest BCUT2D eigenvalue weighted by Crippen LogP contribution is 2.33. The number of aryl methyl sites for hydroxylation is 1. The summed E-state index contributed by atoms with van der Waals surface area (Å²) in [7, 11) is -2.73. The molecule has 0 saturated heterocycles. The van der Waals surface area contributed by atoms with Crippen LogP contribution in [0.2, 0.25) is 0 Å². The van der Waals surface area contributed by atoms with Gasteiger partial charge in [-0.15, -0.1) is 0 Å². The number of benzene rings is 1. The average Bonchev–Trinajstić information content (AvgIpc) is 2.25. The van der Waals surface area contributed by atoms with Gasteiger partial charge in [0.05, 0.1) is 10.5 Å². The van der Waals surface area contributed by atoms with Crippen molar-refractivity contribution in [1.82, 2.24) is 4.72 Å². The molecule has 1 rings (SSSR count). The molecule has 0 unspecified atom stereocenters. The Kier molecular flexibility index (Phi) is 4.36. The molecule has 0 spiro atoms. The van der Waals surface area contributed by atoms with Gasteiger partial charge in [-0.05, 0) is 24.6 Å². The molecule has 0 aromatic heterocycles. The lowest BCUT2D eigenvalue weighted by atomic mass is 10.1. The van der Waals surface area contributed by atoms with Crippen molar-refractivity contribution in [2.24, 2.45) is 0 Å². The summed E-state index contributed by atoms with van der Waals surface area (Å²) in [5.41, 5.74) is -1.00. The number of sulfonamides is 1. The Morgan fingerprint density at radius 2 is 1.94 bits per heavy atom. The van der Waals surface area contributed by atoms with Crippen LogP contribution in [0.5, 0.6) is 0 Å². The summed E-state index contributed by atoms with van der Waals surface area (Å²) < 4.78 is 67.6. The van der Waals surface area contributed by atoms with Crippen LogP contribution in [-0.2, 0) is 20.9 Å². The molecule has 0 radical (unpaired) electrons. The van der Waals surface area contributed by atoms with E-state index < -0.39 is 26.7 Å². The summed E-state index contributed by atoms with van der Waals surface area (Å²) in [6.45, 7) is 0.958. The Bertz CT molecular complexity index is 526. The molecule has 0 saturated carbocycles. The third-order valence-electron chi connectivity index (χ3n) is 2.22. The molecule has 0 fully saturated rings. The van der Waals surface area contributed by atoms with Crippen LogP contribution in [0.1, 0.15) is 11.1 Å². The van der Waals surface area contributed by atoms with E-state index in [1.165, 1.54) is 14.0 Å². The van der Waals surface area contributed by atoms with E-state index in [0.717, 1.165) is 12.1 Å². The molecular formula is C10H12F3NO3S. The fraction of sp³-hybridized carbons (Fsp3) is 0.400. The third kappa shape index (κ3) is 3.44. The van der Waals surface area contributed by atoms with Crippen LogP contribution in [-0.4, -0.2) is 22.3 Å². The van der Waals surface area contributed by atoms with Crippen LogP contribution in [0.4, 0.5) is 13.2 Å². The second kappa shape index (κ2) is 5.25. The van der Waals surface area contributed by atoms with Gasteiger partial charge < -0.3 is 4.74 Å². The molecular weight excluding hydrogens is 271 g/mol. The summed E-state index contributed by atoms with van der Waals surface area (Å²) in [4.78, 5) is -0.447. The summed E-state index contributed by atoms with van der Waals surface area (Å²) in [6, 6.07) is 2.83. The summed E-state index contributed by atoms with van der Waals surface area (Å²) in [5.74, 6) is 0. The van der Waals surface area contributed by atoms with Gasteiger partial charge in [-0.2, -0.15) is 17.9 Å². The van der Waals surface area contributed by atoms with Gasteiger partial charge in [0.15, 0.2) is 0 Å². The first-order valence-corrected chi connectivity index (χ1v) is 6.33. The molecule has 0 atom stereocenters. The van der Waals surface area contributed by atoms with Crippen LogP contribution >= 0.6 is 0 Å². The number of ether oxygens (including phenoxy) is 1. The molecule has 0 aliphatic heterocycles. The number of halogens is 3. The lowest BCUT2D eigenvalue weighted by Crippen LogP contribution is -2.26. The SMILES string of the molecule is COCNS(=O)(=O)c1ccc(C)c(C(F)(F)F)c1. The van der Waals surface area contributed by atoms with Crippen LogP contribution < -0.4 is 4.72 Å². The molecule has 18 heavy (non-hydrogen) atoms. The molecule has 0 aliphatic carbocycles. The Morgan fingerprint density at radius 1 is 1.33 bits per heavy atom. The van der Waals surface area contributed by atoms with Gasteiger partial charge in [-0.25, -0.2) is 8.42 Å². The smallest absolute Gasteiger partial charge is 0.369 e. The second-order valence-electron chi connectivity index (χ2n) is 3.56. The second-order valence-corrected chi connectivity index (χ2v) is 5.32. The van der Waals surface area contributed by atoms with E-state index in [2.05, 4.69) is 4.74 Å². The number of methoxy groups -OCH3 is 1. The van der Waals surface area contributed by atoms with Crippen molar-refractivity contribution in [3.05, 3.63) is 29.3 Å². The van der Waals surface area contributed by atoms with Crippen molar-refractivity contribution < 1.29 is 26.3 Å². The maximum atomic E-state index is 12.6. The number of alkyl halides is 3. The summed E-state index contributed by atoms with van der Waals surface area (Å²) in [6.07, 6.45) is -4.59. The van der Waals surface area contributed by atoms with E-state index >= 15 is 0 Å². The van der Waals surface area contributed by atoms with Crippen molar-refractivity contribution in [1.29, 1.82) is 0 Å². The van der Waals surface area contributed by atoms with Crippen molar-refractivity contribution >= 4 is 10.0 Å². The van der Waals surface area contributed by atoms with E-state index in [-0.39, 0.29) is 12.3 Å². The van der Waals surface area contributed by atoms with Gasteiger partial charge in [0.2, 0.25) is 10.0 Å². The van der Waals surface area contributed by atoms with E-state index in [1.807, 2.05) is 4.72 Å². The minimum Gasteiger partial charge on any atom is -0.369 e. The lowest BCUT2D eigenvalue weighted by Gasteiger charge is -2.12. The average molecular weight is 283 g/mol.